The van der Waals surface area contributed by atoms with Crippen LogP contribution in [0, 0.1) is 5.92 Å². The van der Waals surface area contributed by atoms with Crippen molar-refractivity contribution in [1.82, 2.24) is 0 Å². The molecule has 0 aliphatic heterocycles. The van der Waals surface area contributed by atoms with Gasteiger partial charge in [-0.05, 0) is 36.9 Å². The van der Waals surface area contributed by atoms with E-state index in [4.69, 9.17) is 4.43 Å². The van der Waals surface area contributed by atoms with Gasteiger partial charge in [0.15, 0.2) is 8.32 Å². The van der Waals surface area contributed by atoms with Crippen LogP contribution in [-0.2, 0) is 4.43 Å². The minimum absolute atomic E-state index is 0.520. The van der Waals surface area contributed by atoms with Crippen LogP contribution >= 0.6 is 0 Å². The summed E-state index contributed by atoms with van der Waals surface area (Å²) in [5, 5.41) is 0. The van der Waals surface area contributed by atoms with Gasteiger partial charge >= 0.3 is 0 Å². The van der Waals surface area contributed by atoms with Crippen molar-refractivity contribution < 1.29 is 4.43 Å². The van der Waals surface area contributed by atoms with Gasteiger partial charge in [-0.1, -0.05) is 54.4 Å². The molecular weight excluding hydrogens is 224 g/mol. The van der Waals surface area contributed by atoms with Gasteiger partial charge in [-0.25, -0.2) is 0 Å². The van der Waals surface area contributed by atoms with Crippen LogP contribution in [0.3, 0.4) is 0 Å². The fourth-order valence-electron chi connectivity index (χ4n) is 2.71. The quantitative estimate of drug-likeness (QED) is 0.463. The summed E-state index contributed by atoms with van der Waals surface area (Å²) in [7, 11) is -1.41. The number of hydrogen-bond donors (Lipinski definition) is 0. The van der Waals surface area contributed by atoms with Gasteiger partial charge in [0.25, 0.3) is 0 Å². The minimum atomic E-state index is -1.41. The van der Waals surface area contributed by atoms with E-state index in [1.165, 1.54) is 43.8 Å². The Hall–Kier alpha value is 0.177. The second-order valence-electron chi connectivity index (χ2n) is 5.45. The summed E-state index contributed by atoms with van der Waals surface area (Å²) in [5.74, 6) is 0.733. The van der Waals surface area contributed by atoms with Crippen molar-refractivity contribution in [2.24, 2.45) is 5.92 Å². The maximum absolute atomic E-state index is 6.68. The van der Waals surface area contributed by atoms with Gasteiger partial charge in [0.05, 0.1) is 0 Å². The number of rotatable bonds is 10. The van der Waals surface area contributed by atoms with Crippen LogP contribution in [0.2, 0.25) is 18.1 Å². The van der Waals surface area contributed by atoms with Crippen molar-refractivity contribution >= 4 is 8.32 Å². The van der Waals surface area contributed by atoms with Crippen molar-refractivity contribution in [2.45, 2.75) is 91.5 Å². The Morgan fingerprint density at radius 2 is 1.29 bits per heavy atom. The minimum Gasteiger partial charge on any atom is -0.414 e. The third kappa shape index (κ3) is 5.56. The second-order valence-corrected chi connectivity index (χ2v) is 10.2. The zero-order valence-corrected chi connectivity index (χ0v) is 14.0. The van der Waals surface area contributed by atoms with E-state index in [-0.39, 0.29) is 0 Å². The smallest absolute Gasteiger partial charge is 0.192 e. The van der Waals surface area contributed by atoms with E-state index in [0.717, 1.165) is 5.92 Å². The Balaban J connectivity index is 4.59. The average molecular weight is 259 g/mol. The molecule has 0 spiro atoms. The molecule has 104 valence electrons. The third-order valence-electron chi connectivity index (χ3n) is 4.29. The van der Waals surface area contributed by atoms with E-state index >= 15 is 0 Å². The zero-order valence-electron chi connectivity index (χ0n) is 13.0. The molecule has 0 heterocycles. The average Bonchev–Trinajstić information content (AvgIpc) is 2.35. The molecule has 2 atom stereocenters. The maximum atomic E-state index is 6.68. The standard InChI is InChI=1S/C15H34OSi/c1-7-12-14(6)15(13-8-2)16-17(9-3,10-4)11-5/h14-15H,7-13H2,1-6H3/t14-,15-/m1/s1. The number of hydrogen-bond acceptors (Lipinski definition) is 1. The first-order chi connectivity index (χ1) is 8.09. The van der Waals surface area contributed by atoms with Gasteiger partial charge in [0.2, 0.25) is 0 Å². The Labute approximate surface area is 110 Å². The summed E-state index contributed by atoms with van der Waals surface area (Å²) < 4.78 is 6.68. The highest BCUT2D eigenvalue weighted by Gasteiger charge is 2.33. The molecule has 0 aromatic heterocycles. The van der Waals surface area contributed by atoms with Gasteiger partial charge in [-0.15, -0.1) is 0 Å². The van der Waals surface area contributed by atoms with Crippen LogP contribution in [-0.4, -0.2) is 14.4 Å². The van der Waals surface area contributed by atoms with Crippen molar-refractivity contribution in [1.29, 1.82) is 0 Å². The SMILES string of the molecule is CCC[C@@H](C)[C@@H](CCC)O[Si](CC)(CC)CC. The summed E-state index contributed by atoms with van der Waals surface area (Å²) in [4.78, 5) is 0. The highest BCUT2D eigenvalue weighted by atomic mass is 28.4. The molecule has 0 aliphatic rings. The lowest BCUT2D eigenvalue weighted by Crippen LogP contribution is -2.42. The maximum Gasteiger partial charge on any atom is 0.192 e. The monoisotopic (exact) mass is 258 g/mol. The molecule has 0 radical (unpaired) electrons. The van der Waals surface area contributed by atoms with Crippen LogP contribution < -0.4 is 0 Å². The van der Waals surface area contributed by atoms with Crippen molar-refractivity contribution in [3.8, 4) is 0 Å². The summed E-state index contributed by atoms with van der Waals surface area (Å²) >= 11 is 0. The molecule has 1 nitrogen and oxygen atoms in total. The fraction of sp³-hybridized carbons (Fsp3) is 1.00. The van der Waals surface area contributed by atoms with Crippen LogP contribution in [0.5, 0.6) is 0 Å². The first-order valence-electron chi connectivity index (χ1n) is 7.76. The zero-order chi connectivity index (χ0) is 13.3. The molecule has 0 bridgehead atoms. The predicted molar refractivity (Wildman–Crippen MR) is 81.1 cm³/mol. The molecule has 0 saturated carbocycles. The molecule has 17 heavy (non-hydrogen) atoms. The third-order valence-corrected chi connectivity index (χ3v) is 8.96. The summed E-state index contributed by atoms with van der Waals surface area (Å²) in [6.07, 6.45) is 5.61. The topological polar surface area (TPSA) is 9.23 Å². The Bertz CT molecular complexity index is 169. The predicted octanol–water partition coefficient (Wildman–Crippen LogP) is 5.61. The summed E-state index contributed by atoms with van der Waals surface area (Å²) in [6, 6.07) is 3.83. The Morgan fingerprint density at radius 3 is 1.65 bits per heavy atom. The van der Waals surface area contributed by atoms with E-state index < -0.39 is 8.32 Å². The largest absolute Gasteiger partial charge is 0.414 e. The van der Waals surface area contributed by atoms with Gasteiger partial charge < -0.3 is 4.43 Å². The molecular formula is C15H34OSi. The molecule has 0 aromatic carbocycles. The van der Waals surface area contributed by atoms with Crippen molar-refractivity contribution in [2.75, 3.05) is 0 Å². The highest BCUT2D eigenvalue weighted by molar-refractivity contribution is 6.73. The van der Waals surface area contributed by atoms with Crippen LogP contribution in [0.4, 0.5) is 0 Å². The van der Waals surface area contributed by atoms with E-state index in [2.05, 4.69) is 41.5 Å². The summed E-state index contributed by atoms with van der Waals surface area (Å²) in [6.45, 7) is 13.9. The first kappa shape index (κ1) is 17.2. The fourth-order valence-corrected chi connectivity index (χ4v) is 5.70. The van der Waals surface area contributed by atoms with E-state index in [1.807, 2.05) is 0 Å². The van der Waals surface area contributed by atoms with Crippen LogP contribution in [0.25, 0.3) is 0 Å². The van der Waals surface area contributed by atoms with Crippen molar-refractivity contribution in [3.05, 3.63) is 0 Å². The molecule has 0 saturated heterocycles. The van der Waals surface area contributed by atoms with Crippen LogP contribution in [0.15, 0.2) is 0 Å². The molecule has 0 aromatic rings. The highest BCUT2D eigenvalue weighted by Crippen LogP contribution is 2.29. The first-order valence-corrected chi connectivity index (χ1v) is 10.3. The second kappa shape index (κ2) is 9.15. The van der Waals surface area contributed by atoms with Gasteiger partial charge in [0.1, 0.15) is 0 Å². The Morgan fingerprint density at radius 1 is 0.824 bits per heavy atom. The lowest BCUT2D eigenvalue weighted by Gasteiger charge is -2.36. The Kier molecular flexibility index (Phi) is 9.25. The van der Waals surface area contributed by atoms with E-state index in [0.29, 0.717) is 6.10 Å². The lowest BCUT2D eigenvalue weighted by molar-refractivity contribution is 0.114. The molecule has 0 aliphatic carbocycles. The molecule has 0 fully saturated rings. The van der Waals surface area contributed by atoms with Gasteiger partial charge in [-0.2, -0.15) is 0 Å². The molecule has 0 amide bonds. The lowest BCUT2D eigenvalue weighted by atomic mass is 9.96. The normalized spacial score (nSPS) is 15.9. The van der Waals surface area contributed by atoms with E-state index in [9.17, 15) is 0 Å². The van der Waals surface area contributed by atoms with Gasteiger partial charge in [-0.3, -0.25) is 0 Å². The summed E-state index contributed by atoms with van der Waals surface area (Å²) in [5.41, 5.74) is 0. The molecule has 0 N–H and O–H groups in total. The van der Waals surface area contributed by atoms with Gasteiger partial charge in [0, 0.05) is 6.10 Å². The molecule has 0 rings (SSSR count). The van der Waals surface area contributed by atoms with Crippen LogP contribution in [0.1, 0.15) is 67.2 Å². The van der Waals surface area contributed by atoms with E-state index in [1.54, 1.807) is 0 Å². The molecule has 0 unspecified atom stereocenters. The van der Waals surface area contributed by atoms with Crippen molar-refractivity contribution in [3.63, 3.8) is 0 Å². The molecule has 2 heteroatoms.